The molecule has 0 aliphatic heterocycles. The monoisotopic (exact) mass is 244 g/mol. The maximum absolute atomic E-state index is 10.7. The van der Waals surface area contributed by atoms with Gasteiger partial charge in [0, 0.05) is 0 Å². The summed E-state index contributed by atoms with van der Waals surface area (Å²) in [5.41, 5.74) is 1.87. The van der Waals surface area contributed by atoms with Crippen LogP contribution in [0, 0.1) is 13.8 Å². The smallest absolute Gasteiger partial charge is 0.335 e. The minimum Gasteiger partial charge on any atom is -0.478 e. The van der Waals surface area contributed by atoms with Gasteiger partial charge in [-0.3, -0.25) is 4.98 Å². The Labute approximate surface area is 104 Å². The number of nitrogens with zero attached hydrogens (tertiary/aromatic N) is 2. The quantitative estimate of drug-likeness (QED) is 0.898. The maximum atomic E-state index is 10.7. The molecule has 0 saturated heterocycles. The summed E-state index contributed by atoms with van der Waals surface area (Å²) in [6.07, 6.45) is 1.54. The lowest BCUT2D eigenvalue weighted by Crippen LogP contribution is -1.97. The Morgan fingerprint density at radius 1 is 1.17 bits per heavy atom. The third-order valence-electron chi connectivity index (χ3n) is 2.49. The average molecular weight is 244 g/mol. The predicted octanol–water partition coefficient (Wildman–Crippen LogP) is 2.58. The molecular weight excluding hydrogens is 232 g/mol. The molecule has 2 aromatic rings. The number of aryl methyl sites for hydroxylation is 2. The second-order valence-electron chi connectivity index (χ2n) is 3.81. The summed E-state index contributed by atoms with van der Waals surface area (Å²) in [5, 5.41) is 8.77. The highest BCUT2D eigenvalue weighted by Gasteiger charge is 2.04. The van der Waals surface area contributed by atoms with Gasteiger partial charge in [0.05, 0.1) is 23.1 Å². The van der Waals surface area contributed by atoms with E-state index in [4.69, 9.17) is 9.84 Å². The number of carboxylic acid groups (broad SMARTS) is 1. The van der Waals surface area contributed by atoms with E-state index in [0.29, 0.717) is 11.6 Å². The number of ether oxygens (including phenoxy) is 1. The van der Waals surface area contributed by atoms with Crippen LogP contribution in [0.3, 0.4) is 0 Å². The fraction of sp³-hybridized carbons (Fsp3) is 0.154. The minimum absolute atomic E-state index is 0.216. The molecule has 0 radical (unpaired) electrons. The van der Waals surface area contributed by atoms with Crippen LogP contribution < -0.4 is 4.74 Å². The van der Waals surface area contributed by atoms with Crippen LogP contribution in [0.5, 0.6) is 11.6 Å². The SMILES string of the molecule is Cc1ncc(Oc2ccc(C(=O)O)cc2)nc1C. The zero-order valence-corrected chi connectivity index (χ0v) is 10.0. The third kappa shape index (κ3) is 2.63. The van der Waals surface area contributed by atoms with Crippen LogP contribution in [0.25, 0.3) is 0 Å². The van der Waals surface area contributed by atoms with Crippen LogP contribution in [0.4, 0.5) is 0 Å². The number of aromatic nitrogens is 2. The van der Waals surface area contributed by atoms with E-state index >= 15 is 0 Å². The van der Waals surface area contributed by atoms with Crippen molar-refractivity contribution in [3.8, 4) is 11.6 Å². The molecule has 5 nitrogen and oxygen atoms in total. The molecule has 0 unspecified atom stereocenters. The van der Waals surface area contributed by atoms with Crippen LogP contribution in [-0.2, 0) is 0 Å². The van der Waals surface area contributed by atoms with E-state index in [0.717, 1.165) is 11.4 Å². The van der Waals surface area contributed by atoms with Gasteiger partial charge in [-0.25, -0.2) is 9.78 Å². The first-order valence-corrected chi connectivity index (χ1v) is 5.38. The van der Waals surface area contributed by atoms with Crippen LogP contribution >= 0.6 is 0 Å². The lowest BCUT2D eigenvalue weighted by molar-refractivity contribution is 0.0697. The minimum atomic E-state index is -0.965. The van der Waals surface area contributed by atoms with E-state index in [1.54, 1.807) is 12.1 Å². The van der Waals surface area contributed by atoms with Crippen molar-refractivity contribution in [1.29, 1.82) is 0 Å². The Morgan fingerprint density at radius 3 is 2.39 bits per heavy atom. The zero-order valence-electron chi connectivity index (χ0n) is 10.0. The highest BCUT2D eigenvalue weighted by atomic mass is 16.5. The summed E-state index contributed by atoms with van der Waals surface area (Å²) >= 11 is 0. The first-order valence-electron chi connectivity index (χ1n) is 5.38. The number of aromatic carboxylic acids is 1. The molecule has 0 aliphatic carbocycles. The lowest BCUT2D eigenvalue weighted by atomic mass is 10.2. The van der Waals surface area contributed by atoms with Crippen molar-refractivity contribution in [3.63, 3.8) is 0 Å². The van der Waals surface area contributed by atoms with Gasteiger partial charge in [-0.2, -0.15) is 0 Å². The Bertz CT molecular complexity index is 579. The van der Waals surface area contributed by atoms with Gasteiger partial charge in [0.15, 0.2) is 0 Å². The number of hydrogen-bond acceptors (Lipinski definition) is 4. The van der Waals surface area contributed by atoms with Gasteiger partial charge in [0.1, 0.15) is 5.75 Å². The number of rotatable bonds is 3. The van der Waals surface area contributed by atoms with Gasteiger partial charge < -0.3 is 9.84 Å². The molecule has 0 amide bonds. The summed E-state index contributed by atoms with van der Waals surface area (Å²) in [6.45, 7) is 3.72. The standard InChI is InChI=1S/C13H12N2O3/c1-8-9(2)15-12(7-14-8)18-11-5-3-10(4-6-11)13(16)17/h3-7H,1-2H3,(H,16,17). The van der Waals surface area contributed by atoms with Gasteiger partial charge in [-0.15, -0.1) is 0 Å². The van der Waals surface area contributed by atoms with Crippen LogP contribution in [-0.4, -0.2) is 21.0 Å². The van der Waals surface area contributed by atoms with Gasteiger partial charge >= 0.3 is 5.97 Å². The molecule has 1 N–H and O–H groups in total. The van der Waals surface area contributed by atoms with E-state index in [2.05, 4.69) is 9.97 Å². The molecule has 0 fully saturated rings. The first kappa shape index (κ1) is 12.0. The van der Waals surface area contributed by atoms with E-state index in [1.807, 2.05) is 13.8 Å². The molecule has 0 saturated carbocycles. The summed E-state index contributed by atoms with van der Waals surface area (Å²) < 4.78 is 5.48. The highest BCUT2D eigenvalue weighted by molar-refractivity contribution is 5.87. The zero-order chi connectivity index (χ0) is 13.1. The van der Waals surface area contributed by atoms with Crippen molar-refractivity contribution in [2.75, 3.05) is 0 Å². The molecule has 0 bridgehead atoms. The summed E-state index contributed by atoms with van der Waals surface area (Å²) in [4.78, 5) is 19.1. The third-order valence-corrected chi connectivity index (χ3v) is 2.49. The fourth-order valence-electron chi connectivity index (χ4n) is 1.36. The molecule has 92 valence electrons. The second kappa shape index (κ2) is 4.83. The van der Waals surface area contributed by atoms with Crippen LogP contribution in [0.15, 0.2) is 30.5 Å². The van der Waals surface area contributed by atoms with Crippen molar-refractivity contribution in [1.82, 2.24) is 9.97 Å². The number of carbonyl (C=O) groups is 1. The molecule has 0 aliphatic rings. The number of carboxylic acids is 1. The van der Waals surface area contributed by atoms with Crippen LogP contribution in [0.1, 0.15) is 21.7 Å². The molecule has 18 heavy (non-hydrogen) atoms. The predicted molar refractivity (Wildman–Crippen MR) is 65.0 cm³/mol. The largest absolute Gasteiger partial charge is 0.478 e. The highest BCUT2D eigenvalue weighted by Crippen LogP contribution is 2.19. The molecule has 2 rings (SSSR count). The van der Waals surface area contributed by atoms with E-state index < -0.39 is 5.97 Å². The first-order chi connectivity index (χ1) is 8.56. The number of benzene rings is 1. The number of hydrogen-bond donors (Lipinski definition) is 1. The molecular formula is C13H12N2O3. The molecule has 1 heterocycles. The summed E-state index contributed by atoms with van der Waals surface area (Å²) in [5.74, 6) is -0.0498. The topological polar surface area (TPSA) is 72.3 Å². The van der Waals surface area contributed by atoms with Crippen molar-refractivity contribution in [3.05, 3.63) is 47.4 Å². The van der Waals surface area contributed by atoms with Crippen molar-refractivity contribution in [2.24, 2.45) is 0 Å². The second-order valence-corrected chi connectivity index (χ2v) is 3.81. The van der Waals surface area contributed by atoms with E-state index in [1.165, 1.54) is 18.3 Å². The summed E-state index contributed by atoms with van der Waals surface area (Å²) in [6, 6.07) is 6.12. The van der Waals surface area contributed by atoms with Gasteiger partial charge in [0.25, 0.3) is 0 Å². The van der Waals surface area contributed by atoms with Crippen molar-refractivity contribution in [2.45, 2.75) is 13.8 Å². The van der Waals surface area contributed by atoms with Gasteiger partial charge in [-0.1, -0.05) is 0 Å². The van der Waals surface area contributed by atoms with E-state index in [-0.39, 0.29) is 5.56 Å². The summed E-state index contributed by atoms with van der Waals surface area (Å²) in [7, 11) is 0. The van der Waals surface area contributed by atoms with Crippen LogP contribution in [0.2, 0.25) is 0 Å². The van der Waals surface area contributed by atoms with Gasteiger partial charge in [0.2, 0.25) is 5.88 Å². The molecule has 0 atom stereocenters. The molecule has 5 heteroatoms. The maximum Gasteiger partial charge on any atom is 0.335 e. The fourth-order valence-corrected chi connectivity index (χ4v) is 1.36. The Kier molecular flexibility index (Phi) is 3.23. The Hall–Kier alpha value is -2.43. The normalized spacial score (nSPS) is 10.1. The van der Waals surface area contributed by atoms with Gasteiger partial charge in [-0.05, 0) is 38.1 Å². The Morgan fingerprint density at radius 2 is 1.83 bits per heavy atom. The average Bonchev–Trinajstić information content (AvgIpc) is 2.34. The van der Waals surface area contributed by atoms with Crippen molar-refractivity contribution < 1.29 is 14.6 Å². The Balaban J connectivity index is 2.18. The van der Waals surface area contributed by atoms with E-state index in [9.17, 15) is 4.79 Å². The van der Waals surface area contributed by atoms with Crippen molar-refractivity contribution >= 4 is 5.97 Å². The molecule has 1 aromatic heterocycles. The molecule has 0 spiro atoms. The lowest BCUT2D eigenvalue weighted by Gasteiger charge is -2.06. The molecule has 1 aromatic carbocycles.